The number of rotatable bonds is 2. The standard InChI is InChI=1S/C28H50N6O11/c1-25(2,3)42-21(38)31-19(32-22(39)43-26(4,5)6)29-14-13-15(17(36)18(37)16(14)35)30-20(33-23(40)44-27(7,8)9)34-24(41)45-28(10,11)12/h14-18,35-37H,13H2,1-12H3,(H2,29,31,32,38,39)(H2,30,33,34,40,41)/t14-,15+,16+,17-,18?. The van der Waals surface area contributed by atoms with E-state index in [2.05, 4.69) is 31.3 Å². The SMILES string of the molecule is CC(C)(C)OC(=O)NC(=N[C@H]1C[C@@H](N=C(NC(=O)OC(C)(C)C)NC(=O)OC(C)(C)C)[C@H](O)C(O)[C@@H]1O)NC(=O)OC(C)(C)C. The number of aliphatic imine (C=N–C) groups is 2. The Morgan fingerprint density at radius 2 is 0.711 bits per heavy atom. The Labute approximate surface area is 263 Å². The van der Waals surface area contributed by atoms with Gasteiger partial charge in [0.2, 0.25) is 11.9 Å². The molecule has 45 heavy (non-hydrogen) atoms. The molecular formula is C28H50N6O11. The summed E-state index contributed by atoms with van der Waals surface area (Å²) in [7, 11) is 0. The number of nitrogens with one attached hydrogen (secondary N) is 4. The lowest BCUT2D eigenvalue weighted by atomic mass is 9.84. The van der Waals surface area contributed by atoms with Crippen LogP contribution in [0.2, 0.25) is 0 Å². The van der Waals surface area contributed by atoms with Crippen molar-refractivity contribution < 1.29 is 53.4 Å². The van der Waals surface area contributed by atoms with Crippen LogP contribution in [0.15, 0.2) is 9.98 Å². The van der Waals surface area contributed by atoms with Gasteiger partial charge in [-0.2, -0.15) is 0 Å². The fourth-order valence-electron chi connectivity index (χ4n) is 3.57. The van der Waals surface area contributed by atoms with Crippen molar-refractivity contribution in [2.24, 2.45) is 9.98 Å². The van der Waals surface area contributed by atoms with Crippen LogP contribution in [0.5, 0.6) is 0 Å². The molecule has 0 aromatic rings. The highest BCUT2D eigenvalue weighted by Crippen LogP contribution is 2.26. The third-order valence-electron chi connectivity index (χ3n) is 5.04. The average molecular weight is 647 g/mol. The molecule has 1 fully saturated rings. The molecule has 0 aromatic heterocycles. The lowest BCUT2D eigenvalue weighted by Gasteiger charge is -2.37. The van der Waals surface area contributed by atoms with Gasteiger partial charge in [-0.15, -0.1) is 0 Å². The van der Waals surface area contributed by atoms with Crippen LogP contribution in [0.3, 0.4) is 0 Å². The molecule has 1 unspecified atom stereocenters. The lowest BCUT2D eigenvalue weighted by molar-refractivity contribution is -0.0997. The van der Waals surface area contributed by atoms with Crippen molar-refractivity contribution in [1.29, 1.82) is 0 Å². The molecule has 1 aliphatic carbocycles. The molecular weight excluding hydrogens is 596 g/mol. The Bertz CT molecular complexity index is 980. The minimum atomic E-state index is -1.84. The maximum Gasteiger partial charge on any atom is 0.414 e. The van der Waals surface area contributed by atoms with Gasteiger partial charge in [-0.1, -0.05) is 0 Å². The van der Waals surface area contributed by atoms with E-state index in [1.165, 1.54) is 0 Å². The van der Waals surface area contributed by atoms with Crippen LogP contribution in [0.4, 0.5) is 19.2 Å². The summed E-state index contributed by atoms with van der Waals surface area (Å²) >= 11 is 0. The zero-order chi connectivity index (χ0) is 35.1. The molecule has 0 heterocycles. The molecule has 258 valence electrons. The number of alkyl carbamates (subject to hydrolysis) is 4. The first-order valence-corrected chi connectivity index (χ1v) is 14.3. The van der Waals surface area contributed by atoms with Gasteiger partial charge in [-0.25, -0.2) is 29.2 Å². The summed E-state index contributed by atoms with van der Waals surface area (Å²) in [5.74, 6) is -0.985. The second kappa shape index (κ2) is 15.1. The highest BCUT2D eigenvalue weighted by molar-refractivity contribution is 6.02. The number of carbonyl (C=O) groups is 4. The third kappa shape index (κ3) is 16.3. The summed E-state index contributed by atoms with van der Waals surface area (Å²) in [6.45, 7) is 19.4. The third-order valence-corrected chi connectivity index (χ3v) is 5.04. The summed E-state index contributed by atoms with van der Waals surface area (Å²) in [4.78, 5) is 58.4. The normalized spacial score (nSPS) is 22.2. The highest BCUT2D eigenvalue weighted by atomic mass is 16.6. The van der Waals surface area contributed by atoms with Gasteiger partial charge in [0.15, 0.2) is 0 Å². The summed E-state index contributed by atoms with van der Waals surface area (Å²) < 4.78 is 20.9. The Kier molecular flexibility index (Phi) is 13.2. The fraction of sp³-hybridized carbons (Fsp3) is 0.786. The van der Waals surface area contributed by atoms with E-state index in [0.29, 0.717) is 0 Å². The molecule has 5 atom stereocenters. The second-order valence-electron chi connectivity index (χ2n) is 14.3. The number of aliphatic hydroxyl groups excluding tert-OH is 3. The number of nitrogens with zero attached hydrogens (tertiary/aromatic N) is 2. The van der Waals surface area contributed by atoms with Crippen molar-refractivity contribution >= 4 is 36.3 Å². The number of hydrogen-bond donors (Lipinski definition) is 7. The van der Waals surface area contributed by atoms with Crippen LogP contribution in [-0.2, 0) is 18.9 Å². The van der Waals surface area contributed by atoms with Crippen molar-refractivity contribution in [3.63, 3.8) is 0 Å². The fourth-order valence-corrected chi connectivity index (χ4v) is 3.57. The zero-order valence-electron chi connectivity index (χ0n) is 28.1. The molecule has 1 aliphatic rings. The monoisotopic (exact) mass is 646 g/mol. The van der Waals surface area contributed by atoms with E-state index in [9.17, 15) is 34.5 Å². The highest BCUT2D eigenvalue weighted by Gasteiger charge is 2.43. The minimum Gasteiger partial charge on any atom is -0.444 e. The Hall–Kier alpha value is -3.70. The molecule has 0 bridgehead atoms. The number of ether oxygens (including phenoxy) is 4. The van der Waals surface area contributed by atoms with Crippen molar-refractivity contribution in [2.45, 2.75) is 142 Å². The molecule has 1 saturated carbocycles. The summed E-state index contributed by atoms with van der Waals surface area (Å²) in [5.41, 5.74) is -3.65. The van der Waals surface area contributed by atoms with Gasteiger partial charge >= 0.3 is 24.4 Å². The van der Waals surface area contributed by atoms with Crippen molar-refractivity contribution in [1.82, 2.24) is 21.3 Å². The molecule has 7 N–H and O–H groups in total. The Balaban J connectivity index is 3.48. The van der Waals surface area contributed by atoms with E-state index in [1.807, 2.05) is 0 Å². The summed E-state index contributed by atoms with van der Waals surface area (Å²) in [6.07, 6.45) is -9.55. The first-order chi connectivity index (χ1) is 20.1. The number of aliphatic hydroxyl groups is 3. The Morgan fingerprint density at radius 1 is 0.489 bits per heavy atom. The van der Waals surface area contributed by atoms with Crippen LogP contribution in [0.1, 0.15) is 89.5 Å². The maximum atomic E-state index is 12.5. The van der Waals surface area contributed by atoms with Crippen molar-refractivity contribution in [2.75, 3.05) is 0 Å². The molecule has 0 aliphatic heterocycles. The molecule has 17 nitrogen and oxygen atoms in total. The summed E-state index contributed by atoms with van der Waals surface area (Å²) in [6, 6.07) is -2.61. The van der Waals surface area contributed by atoms with Crippen LogP contribution in [-0.4, -0.2) is 104 Å². The van der Waals surface area contributed by atoms with Gasteiger partial charge in [-0.3, -0.25) is 21.3 Å². The van der Waals surface area contributed by atoms with Crippen LogP contribution in [0.25, 0.3) is 0 Å². The number of hydrogen-bond acceptors (Lipinski definition) is 13. The number of carbonyl (C=O) groups excluding carboxylic acids is 4. The number of amides is 4. The van der Waals surface area contributed by atoms with E-state index in [1.54, 1.807) is 83.1 Å². The van der Waals surface area contributed by atoms with Gasteiger partial charge in [0, 0.05) is 0 Å². The van der Waals surface area contributed by atoms with E-state index in [0.717, 1.165) is 0 Å². The molecule has 0 aromatic carbocycles. The number of guanidine groups is 2. The molecule has 17 heteroatoms. The van der Waals surface area contributed by atoms with E-state index in [-0.39, 0.29) is 6.42 Å². The van der Waals surface area contributed by atoms with Crippen LogP contribution in [0, 0.1) is 0 Å². The molecule has 0 spiro atoms. The first kappa shape index (κ1) is 39.3. The largest absolute Gasteiger partial charge is 0.444 e. The topological polar surface area (TPSA) is 239 Å². The molecule has 4 amide bonds. The van der Waals surface area contributed by atoms with E-state index in [4.69, 9.17) is 18.9 Å². The predicted octanol–water partition coefficient (Wildman–Crippen LogP) is 2.02. The maximum absolute atomic E-state index is 12.5. The van der Waals surface area contributed by atoms with Crippen molar-refractivity contribution in [3.05, 3.63) is 0 Å². The molecule has 0 radical (unpaired) electrons. The average Bonchev–Trinajstić information content (AvgIpc) is 2.75. The van der Waals surface area contributed by atoms with Gasteiger partial charge in [0.05, 0.1) is 12.1 Å². The lowest BCUT2D eigenvalue weighted by Crippen LogP contribution is -2.57. The molecule has 0 saturated heterocycles. The zero-order valence-corrected chi connectivity index (χ0v) is 28.1. The van der Waals surface area contributed by atoms with Gasteiger partial charge < -0.3 is 34.3 Å². The Morgan fingerprint density at radius 3 is 0.911 bits per heavy atom. The van der Waals surface area contributed by atoms with E-state index < -0.39 is 89.1 Å². The second-order valence-corrected chi connectivity index (χ2v) is 14.3. The quantitative estimate of drug-likeness (QED) is 0.130. The smallest absolute Gasteiger partial charge is 0.414 e. The minimum absolute atomic E-state index is 0.315. The molecule has 1 rings (SSSR count). The van der Waals surface area contributed by atoms with Crippen molar-refractivity contribution in [3.8, 4) is 0 Å². The predicted molar refractivity (Wildman–Crippen MR) is 163 cm³/mol. The van der Waals surface area contributed by atoms with Crippen LogP contribution >= 0.6 is 0 Å². The van der Waals surface area contributed by atoms with Crippen LogP contribution < -0.4 is 21.3 Å². The first-order valence-electron chi connectivity index (χ1n) is 14.3. The van der Waals surface area contributed by atoms with Gasteiger partial charge in [0.25, 0.3) is 0 Å². The van der Waals surface area contributed by atoms with E-state index >= 15 is 0 Å². The van der Waals surface area contributed by atoms with Gasteiger partial charge in [-0.05, 0) is 89.5 Å². The summed E-state index contributed by atoms with van der Waals surface area (Å²) in [5, 5.41) is 41.3. The van der Waals surface area contributed by atoms with Gasteiger partial charge in [0.1, 0.15) is 40.7 Å².